The molecular weight excluding hydrogens is 384 g/mol. The minimum Gasteiger partial charge on any atom is -0.363 e. The summed E-state index contributed by atoms with van der Waals surface area (Å²) < 4.78 is 0. The highest BCUT2D eigenvalue weighted by Crippen LogP contribution is 2.50. The average molecular weight is 417 g/mol. The summed E-state index contributed by atoms with van der Waals surface area (Å²) in [6.07, 6.45) is 5.74. The second-order valence-electron chi connectivity index (χ2n) is 9.32. The molecule has 2 aliphatic heterocycles. The van der Waals surface area contributed by atoms with Gasteiger partial charge in [-0.2, -0.15) is 0 Å². The highest BCUT2D eigenvalue weighted by Gasteiger charge is 2.47. The number of benzene rings is 1. The highest BCUT2D eigenvalue weighted by molar-refractivity contribution is 5.94. The van der Waals surface area contributed by atoms with E-state index in [-0.39, 0.29) is 18.0 Å². The van der Waals surface area contributed by atoms with E-state index in [1.165, 1.54) is 29.5 Å². The van der Waals surface area contributed by atoms with Crippen molar-refractivity contribution in [1.82, 2.24) is 10.3 Å². The molecule has 162 valence electrons. The summed E-state index contributed by atoms with van der Waals surface area (Å²) in [5, 5.41) is 7.15. The number of hydrogen-bond acceptors (Lipinski definition) is 4. The molecule has 0 unspecified atom stereocenters. The van der Waals surface area contributed by atoms with Crippen molar-refractivity contribution in [3.63, 3.8) is 0 Å². The Labute approximate surface area is 184 Å². The summed E-state index contributed by atoms with van der Waals surface area (Å²) >= 11 is 0. The number of carbonyl (C=O) groups is 1. The van der Waals surface area contributed by atoms with Crippen LogP contribution in [0.1, 0.15) is 56.0 Å². The lowest BCUT2D eigenvalue weighted by molar-refractivity contribution is -0.117. The van der Waals surface area contributed by atoms with Crippen LogP contribution < -0.4 is 15.5 Å². The van der Waals surface area contributed by atoms with Crippen molar-refractivity contribution in [1.29, 1.82) is 0 Å². The number of amides is 1. The van der Waals surface area contributed by atoms with Gasteiger partial charge in [0.05, 0.1) is 6.04 Å². The Morgan fingerprint density at radius 3 is 2.74 bits per heavy atom. The van der Waals surface area contributed by atoms with E-state index in [2.05, 4.69) is 52.8 Å². The fourth-order valence-electron chi connectivity index (χ4n) is 5.43. The molecular formula is C26H32N4O. The molecule has 1 aliphatic carbocycles. The molecule has 1 aromatic carbocycles. The van der Waals surface area contributed by atoms with Gasteiger partial charge in [0, 0.05) is 36.8 Å². The number of nitrogens with zero attached hydrogens (tertiary/aromatic N) is 2. The van der Waals surface area contributed by atoms with Gasteiger partial charge in [-0.25, -0.2) is 4.98 Å². The van der Waals surface area contributed by atoms with E-state index in [4.69, 9.17) is 4.98 Å². The van der Waals surface area contributed by atoms with Crippen LogP contribution in [0.25, 0.3) is 5.57 Å². The van der Waals surface area contributed by atoms with Gasteiger partial charge in [-0.1, -0.05) is 25.1 Å². The number of aromatic nitrogens is 1. The monoisotopic (exact) mass is 416 g/mol. The van der Waals surface area contributed by atoms with E-state index in [1.54, 1.807) is 6.92 Å². The van der Waals surface area contributed by atoms with Gasteiger partial charge in [0.2, 0.25) is 5.91 Å². The fourth-order valence-corrected chi connectivity index (χ4v) is 5.43. The quantitative estimate of drug-likeness (QED) is 0.758. The molecule has 1 aromatic heterocycles. The van der Waals surface area contributed by atoms with Crippen molar-refractivity contribution in [3.05, 3.63) is 59.3 Å². The standard InChI is InChI=1S/C26H32N4O/c1-16-5-4-6-24(28-16)29-25-17(2)26(20-7-8-20)30(18(3)31)23-10-9-21(15-22(23)25)19-11-13-27-14-12-19/h4-6,9-11,15,17,20,25-27H,7-8,12-14H2,1-3H3,(H,28,29)/t17-,25-,26-/m0/s1. The molecule has 0 radical (unpaired) electrons. The van der Waals surface area contributed by atoms with E-state index in [1.807, 2.05) is 19.1 Å². The zero-order valence-electron chi connectivity index (χ0n) is 18.7. The summed E-state index contributed by atoms with van der Waals surface area (Å²) in [4.78, 5) is 19.6. The van der Waals surface area contributed by atoms with Crippen LogP contribution in [0.4, 0.5) is 11.5 Å². The first kappa shape index (κ1) is 20.3. The molecule has 1 amide bonds. The zero-order valence-corrected chi connectivity index (χ0v) is 18.7. The Balaban J connectivity index is 1.61. The van der Waals surface area contributed by atoms with Gasteiger partial charge in [0.25, 0.3) is 0 Å². The largest absolute Gasteiger partial charge is 0.363 e. The summed E-state index contributed by atoms with van der Waals surface area (Å²) in [5.74, 6) is 1.93. The molecule has 1 fully saturated rings. The van der Waals surface area contributed by atoms with Crippen LogP contribution >= 0.6 is 0 Å². The molecule has 3 atom stereocenters. The van der Waals surface area contributed by atoms with Gasteiger partial charge in [-0.05, 0) is 79.6 Å². The van der Waals surface area contributed by atoms with Gasteiger partial charge < -0.3 is 15.5 Å². The summed E-state index contributed by atoms with van der Waals surface area (Å²) in [5.41, 5.74) is 5.93. The van der Waals surface area contributed by atoms with Crippen LogP contribution in [0.2, 0.25) is 0 Å². The first-order valence-electron chi connectivity index (χ1n) is 11.6. The molecule has 5 heteroatoms. The Morgan fingerprint density at radius 2 is 2.06 bits per heavy atom. The average Bonchev–Trinajstić information content (AvgIpc) is 3.60. The van der Waals surface area contributed by atoms with Gasteiger partial charge in [0.15, 0.2) is 0 Å². The molecule has 3 heterocycles. The minimum atomic E-state index is 0.118. The topological polar surface area (TPSA) is 57.3 Å². The van der Waals surface area contributed by atoms with Crippen LogP contribution in [0, 0.1) is 18.8 Å². The Kier molecular flexibility index (Phi) is 5.30. The Bertz CT molecular complexity index is 1030. The molecule has 5 rings (SSSR count). The maximum atomic E-state index is 12.8. The van der Waals surface area contributed by atoms with Crippen molar-refractivity contribution in [3.8, 4) is 0 Å². The summed E-state index contributed by atoms with van der Waals surface area (Å²) in [6.45, 7) is 7.96. The normalized spacial score (nSPS) is 25.6. The summed E-state index contributed by atoms with van der Waals surface area (Å²) in [6, 6.07) is 13.2. The van der Waals surface area contributed by atoms with E-state index >= 15 is 0 Å². The third-order valence-electron chi connectivity index (χ3n) is 7.06. The number of hydrogen-bond donors (Lipinski definition) is 2. The predicted octanol–water partition coefficient (Wildman–Crippen LogP) is 4.70. The second-order valence-corrected chi connectivity index (χ2v) is 9.32. The molecule has 2 N–H and O–H groups in total. The third kappa shape index (κ3) is 3.87. The molecule has 3 aliphatic rings. The first-order valence-corrected chi connectivity index (χ1v) is 11.6. The molecule has 0 bridgehead atoms. The van der Waals surface area contributed by atoms with E-state index in [0.29, 0.717) is 11.8 Å². The lowest BCUT2D eigenvalue weighted by atomic mass is 9.79. The molecule has 31 heavy (non-hydrogen) atoms. The molecule has 0 saturated heterocycles. The van der Waals surface area contributed by atoms with Crippen LogP contribution in [-0.4, -0.2) is 30.0 Å². The van der Waals surface area contributed by atoms with Gasteiger partial charge in [-0.15, -0.1) is 0 Å². The van der Waals surface area contributed by atoms with Crippen molar-refractivity contribution >= 4 is 23.0 Å². The fraction of sp³-hybridized carbons (Fsp3) is 0.462. The van der Waals surface area contributed by atoms with Gasteiger partial charge in [-0.3, -0.25) is 4.79 Å². The number of rotatable bonds is 4. The van der Waals surface area contributed by atoms with E-state index in [9.17, 15) is 4.79 Å². The smallest absolute Gasteiger partial charge is 0.224 e. The third-order valence-corrected chi connectivity index (χ3v) is 7.06. The van der Waals surface area contributed by atoms with Crippen molar-refractivity contribution in [2.24, 2.45) is 11.8 Å². The number of pyridine rings is 1. The summed E-state index contributed by atoms with van der Waals surface area (Å²) in [7, 11) is 0. The molecule has 1 saturated carbocycles. The van der Waals surface area contributed by atoms with Crippen molar-refractivity contribution in [2.45, 2.75) is 52.1 Å². The van der Waals surface area contributed by atoms with Crippen molar-refractivity contribution in [2.75, 3.05) is 23.3 Å². The van der Waals surface area contributed by atoms with E-state index in [0.717, 1.165) is 36.7 Å². The highest BCUT2D eigenvalue weighted by atomic mass is 16.2. The second kappa shape index (κ2) is 8.12. The maximum absolute atomic E-state index is 12.8. The number of aryl methyl sites for hydroxylation is 1. The predicted molar refractivity (Wildman–Crippen MR) is 126 cm³/mol. The van der Waals surface area contributed by atoms with Crippen LogP contribution in [-0.2, 0) is 4.79 Å². The molecule has 0 spiro atoms. The Morgan fingerprint density at radius 1 is 1.23 bits per heavy atom. The number of nitrogens with one attached hydrogen (secondary N) is 2. The van der Waals surface area contributed by atoms with E-state index < -0.39 is 0 Å². The first-order chi connectivity index (χ1) is 15.0. The minimum absolute atomic E-state index is 0.118. The lowest BCUT2D eigenvalue weighted by Gasteiger charge is -2.46. The number of fused-ring (bicyclic) bond motifs is 1. The van der Waals surface area contributed by atoms with Gasteiger partial charge in [0.1, 0.15) is 5.82 Å². The SMILES string of the molecule is CC(=O)N1c2ccc(C3=CCNCC3)cc2[C@@H](Nc2cccc(C)n2)[C@H](C)[C@H]1C1CC1. The van der Waals surface area contributed by atoms with Gasteiger partial charge >= 0.3 is 0 Å². The van der Waals surface area contributed by atoms with Crippen molar-refractivity contribution < 1.29 is 4.79 Å². The maximum Gasteiger partial charge on any atom is 0.224 e. The molecule has 2 aromatic rings. The lowest BCUT2D eigenvalue weighted by Crippen LogP contribution is -2.51. The Hall–Kier alpha value is -2.66. The molecule has 5 nitrogen and oxygen atoms in total. The van der Waals surface area contributed by atoms with Crippen LogP contribution in [0.3, 0.4) is 0 Å². The van der Waals surface area contributed by atoms with Crippen LogP contribution in [0.5, 0.6) is 0 Å². The number of anilines is 2. The number of carbonyl (C=O) groups excluding carboxylic acids is 1. The van der Waals surface area contributed by atoms with Crippen LogP contribution in [0.15, 0.2) is 42.5 Å². The zero-order chi connectivity index (χ0) is 21.5.